The second-order valence-corrected chi connectivity index (χ2v) is 9.18. The van der Waals surface area contributed by atoms with E-state index in [1.165, 1.54) is 5.56 Å². The third-order valence-corrected chi connectivity index (χ3v) is 7.69. The van der Waals surface area contributed by atoms with Crippen molar-refractivity contribution in [1.29, 1.82) is 0 Å². The molecule has 0 bridgehead atoms. The van der Waals surface area contributed by atoms with Gasteiger partial charge in [0.15, 0.2) is 0 Å². The highest BCUT2D eigenvalue weighted by atomic mass is 16.5. The summed E-state index contributed by atoms with van der Waals surface area (Å²) in [6.45, 7) is 1.90. The van der Waals surface area contributed by atoms with Crippen molar-refractivity contribution in [2.75, 3.05) is 41.4 Å². The van der Waals surface area contributed by atoms with Crippen LogP contribution in [0, 0.1) is 0 Å². The number of rotatable bonds is 5. The Labute approximate surface area is 185 Å². The zero-order chi connectivity index (χ0) is 22.1. The molecule has 0 N–H and O–H groups in total. The summed E-state index contributed by atoms with van der Waals surface area (Å²) in [4.78, 5) is 17.5. The molecule has 1 amide bonds. The number of fused-ring (bicyclic) bond motifs is 1. The Morgan fingerprint density at radius 1 is 1.10 bits per heavy atom. The monoisotopic (exact) mass is 422 g/mol. The van der Waals surface area contributed by atoms with E-state index in [2.05, 4.69) is 30.1 Å². The minimum absolute atomic E-state index is 0.0873. The molecule has 3 unspecified atom stereocenters. The predicted octanol–water partition coefficient (Wildman–Crippen LogP) is 3.98. The van der Waals surface area contributed by atoms with Gasteiger partial charge >= 0.3 is 0 Å². The Kier molecular flexibility index (Phi) is 6.09. The smallest absolute Gasteiger partial charge is 0.253 e. The van der Waals surface area contributed by atoms with Crippen molar-refractivity contribution in [2.24, 2.45) is 0 Å². The van der Waals surface area contributed by atoms with Gasteiger partial charge in [0.25, 0.3) is 5.91 Å². The first-order valence-electron chi connectivity index (χ1n) is 11.2. The van der Waals surface area contributed by atoms with E-state index in [1.54, 1.807) is 7.11 Å². The Balaban J connectivity index is 1.72. The van der Waals surface area contributed by atoms with E-state index >= 15 is 0 Å². The second-order valence-electron chi connectivity index (χ2n) is 9.18. The van der Waals surface area contributed by atoms with Gasteiger partial charge in [0.2, 0.25) is 0 Å². The van der Waals surface area contributed by atoms with Gasteiger partial charge in [0, 0.05) is 37.7 Å². The first-order valence-corrected chi connectivity index (χ1v) is 11.2. The number of amides is 1. The number of likely N-dealkylation sites (tertiary alicyclic amines) is 1. The molecule has 166 valence electrons. The molecule has 0 aromatic heterocycles. The number of ether oxygens (including phenoxy) is 2. The number of carbonyl (C=O) groups is 1. The van der Waals surface area contributed by atoms with Crippen LogP contribution >= 0.6 is 0 Å². The van der Waals surface area contributed by atoms with E-state index in [9.17, 15) is 4.79 Å². The third kappa shape index (κ3) is 3.74. The van der Waals surface area contributed by atoms with Crippen LogP contribution in [0.15, 0.2) is 54.6 Å². The molecule has 1 saturated heterocycles. The van der Waals surface area contributed by atoms with Gasteiger partial charge in [-0.3, -0.25) is 4.79 Å². The van der Waals surface area contributed by atoms with E-state index in [4.69, 9.17) is 9.47 Å². The van der Waals surface area contributed by atoms with Crippen LogP contribution in [0.4, 0.5) is 0 Å². The molecule has 1 heterocycles. The molecule has 0 radical (unpaired) electrons. The molecule has 2 aromatic carbocycles. The molecule has 2 aliphatic rings. The molecule has 2 aromatic rings. The molecule has 1 aliphatic carbocycles. The summed E-state index contributed by atoms with van der Waals surface area (Å²) in [7, 11) is 7.69. The minimum Gasteiger partial charge on any atom is -0.497 e. The molecule has 4 rings (SSSR count). The number of hydrogen-bond donors (Lipinski definition) is 0. The average molecular weight is 423 g/mol. The maximum absolute atomic E-state index is 13.2. The van der Waals surface area contributed by atoms with E-state index in [1.807, 2.05) is 55.5 Å². The van der Waals surface area contributed by atoms with Crippen molar-refractivity contribution in [2.45, 2.75) is 42.7 Å². The van der Waals surface area contributed by atoms with Crippen LogP contribution in [0.2, 0.25) is 0 Å². The number of piperidine rings is 1. The van der Waals surface area contributed by atoms with Crippen LogP contribution in [0.3, 0.4) is 0 Å². The molecule has 5 heteroatoms. The summed E-state index contributed by atoms with van der Waals surface area (Å²) < 4.78 is 11.9. The molecule has 3 atom stereocenters. The van der Waals surface area contributed by atoms with Crippen molar-refractivity contribution in [3.8, 4) is 5.75 Å². The van der Waals surface area contributed by atoms with Gasteiger partial charge in [-0.2, -0.15) is 0 Å². The zero-order valence-corrected chi connectivity index (χ0v) is 19.1. The molecule has 1 aliphatic heterocycles. The van der Waals surface area contributed by atoms with E-state index in [-0.39, 0.29) is 23.0 Å². The number of nitrogens with zero attached hydrogens (tertiary/aromatic N) is 2. The van der Waals surface area contributed by atoms with Gasteiger partial charge < -0.3 is 19.3 Å². The minimum atomic E-state index is -0.278. The van der Waals surface area contributed by atoms with Crippen LogP contribution in [-0.2, 0) is 10.2 Å². The Morgan fingerprint density at radius 2 is 1.87 bits per heavy atom. The Hall–Kier alpha value is -2.37. The highest BCUT2D eigenvalue weighted by Crippen LogP contribution is 2.54. The number of benzene rings is 2. The average Bonchev–Trinajstić information content (AvgIpc) is 2.83. The summed E-state index contributed by atoms with van der Waals surface area (Å²) in [6, 6.07) is 18.2. The lowest BCUT2D eigenvalue weighted by Crippen LogP contribution is -2.67. The van der Waals surface area contributed by atoms with Crippen LogP contribution in [-0.4, -0.2) is 68.8 Å². The second kappa shape index (κ2) is 8.64. The van der Waals surface area contributed by atoms with Crippen LogP contribution < -0.4 is 4.74 Å². The zero-order valence-electron chi connectivity index (χ0n) is 19.1. The SMILES string of the molecule is COc1cccc(C23CCN(C)CC2(OC)CCC(N(C)C(=O)c2ccccc2)C3)c1. The summed E-state index contributed by atoms with van der Waals surface area (Å²) in [5, 5.41) is 0. The van der Waals surface area contributed by atoms with Crippen LogP contribution in [0.1, 0.15) is 41.6 Å². The van der Waals surface area contributed by atoms with Gasteiger partial charge in [-0.15, -0.1) is 0 Å². The van der Waals surface area contributed by atoms with Gasteiger partial charge in [-0.1, -0.05) is 30.3 Å². The lowest BCUT2D eigenvalue weighted by atomic mass is 9.55. The molecule has 2 fully saturated rings. The van der Waals surface area contributed by atoms with Gasteiger partial charge in [-0.25, -0.2) is 0 Å². The fourth-order valence-electron chi connectivity index (χ4n) is 5.88. The Bertz CT molecular complexity index is 918. The highest BCUT2D eigenvalue weighted by molar-refractivity contribution is 5.94. The summed E-state index contributed by atoms with van der Waals surface area (Å²) in [5.74, 6) is 0.955. The van der Waals surface area contributed by atoms with E-state index in [0.717, 1.165) is 50.1 Å². The molecule has 5 nitrogen and oxygen atoms in total. The summed E-state index contributed by atoms with van der Waals surface area (Å²) >= 11 is 0. The maximum Gasteiger partial charge on any atom is 0.253 e. The molecular formula is C26H34N2O3. The van der Waals surface area contributed by atoms with Crippen molar-refractivity contribution in [1.82, 2.24) is 9.80 Å². The fraction of sp³-hybridized carbons (Fsp3) is 0.500. The predicted molar refractivity (Wildman–Crippen MR) is 123 cm³/mol. The molecule has 31 heavy (non-hydrogen) atoms. The van der Waals surface area contributed by atoms with Crippen molar-refractivity contribution in [3.05, 3.63) is 65.7 Å². The van der Waals surface area contributed by atoms with E-state index < -0.39 is 0 Å². The fourth-order valence-corrected chi connectivity index (χ4v) is 5.88. The first-order chi connectivity index (χ1) is 14.9. The normalized spacial score (nSPS) is 28.6. The standard InChI is InChI=1S/C26H34N2O3/c1-27-16-15-25(21-11-8-12-23(17-21)30-3)18-22(13-14-26(25,19-27)31-4)28(2)24(29)20-9-6-5-7-10-20/h5-12,17,22H,13-16,18-19H2,1-4H3. The molecular weight excluding hydrogens is 388 g/mol. The molecule has 0 spiro atoms. The molecule has 1 saturated carbocycles. The lowest BCUT2D eigenvalue weighted by molar-refractivity contribution is -0.149. The van der Waals surface area contributed by atoms with Crippen molar-refractivity contribution < 1.29 is 14.3 Å². The van der Waals surface area contributed by atoms with Crippen LogP contribution in [0.25, 0.3) is 0 Å². The maximum atomic E-state index is 13.2. The van der Waals surface area contributed by atoms with Crippen molar-refractivity contribution in [3.63, 3.8) is 0 Å². The number of methoxy groups -OCH3 is 2. The van der Waals surface area contributed by atoms with Gasteiger partial charge in [-0.05, 0) is 69.1 Å². The summed E-state index contributed by atoms with van der Waals surface area (Å²) in [5.41, 5.74) is 1.55. The lowest BCUT2D eigenvalue weighted by Gasteiger charge is -2.60. The Morgan fingerprint density at radius 3 is 2.58 bits per heavy atom. The highest BCUT2D eigenvalue weighted by Gasteiger charge is 2.59. The van der Waals surface area contributed by atoms with Crippen molar-refractivity contribution >= 4 is 5.91 Å². The first kappa shape index (κ1) is 21.8. The third-order valence-electron chi connectivity index (χ3n) is 7.69. The number of carbonyl (C=O) groups excluding carboxylic acids is 1. The number of likely N-dealkylation sites (N-methyl/N-ethyl adjacent to an activating group) is 1. The largest absolute Gasteiger partial charge is 0.497 e. The van der Waals surface area contributed by atoms with Crippen LogP contribution in [0.5, 0.6) is 5.75 Å². The topological polar surface area (TPSA) is 42.0 Å². The summed E-state index contributed by atoms with van der Waals surface area (Å²) in [6.07, 6.45) is 3.73. The van der Waals surface area contributed by atoms with E-state index in [0.29, 0.717) is 0 Å². The van der Waals surface area contributed by atoms with Gasteiger partial charge in [0.05, 0.1) is 12.7 Å². The van der Waals surface area contributed by atoms with Gasteiger partial charge in [0.1, 0.15) is 5.75 Å². The quantitative estimate of drug-likeness (QED) is 0.731. The number of hydrogen-bond acceptors (Lipinski definition) is 4.